The van der Waals surface area contributed by atoms with Crippen LogP contribution < -0.4 is 16.0 Å². The van der Waals surface area contributed by atoms with Crippen molar-refractivity contribution in [2.45, 2.75) is 6.04 Å². The van der Waals surface area contributed by atoms with Crippen LogP contribution in [0.15, 0.2) is 48.2 Å². The molecule has 1 fully saturated rings. The Bertz CT molecular complexity index is 865. The predicted octanol–water partition coefficient (Wildman–Crippen LogP) is 2.10. The molecule has 8 heteroatoms. The lowest BCUT2D eigenvalue weighted by Crippen LogP contribution is -2.47. The number of rotatable bonds is 4. The molecule has 1 atom stereocenters. The number of amides is 1. The third-order valence-electron chi connectivity index (χ3n) is 3.87. The number of piperazine rings is 1. The second-order valence-corrected chi connectivity index (χ2v) is 6.48. The fraction of sp³-hybridized carbons (Fsp3) is 0.176. The second-order valence-electron chi connectivity index (χ2n) is 5.59. The first kappa shape index (κ1) is 15.7. The molecule has 0 aromatic carbocycles. The van der Waals surface area contributed by atoms with Gasteiger partial charge in [0.2, 0.25) is 5.91 Å². The molecule has 1 aliphatic rings. The number of pyridine rings is 2. The van der Waals surface area contributed by atoms with Crippen molar-refractivity contribution in [3.63, 3.8) is 0 Å². The standard InChI is InChI=1S/C17H16N6OS/c24-15-10-18-9-13(22-15)11-3-4-14(21-8-11)23-16-12(2-1-5-19-16)17-20-6-7-25-17/h1-8,13,18H,9-10H2,(H,22,24)(H,19,21,23). The molecule has 4 rings (SSSR count). The average Bonchev–Trinajstić information content (AvgIpc) is 3.17. The van der Waals surface area contributed by atoms with Crippen molar-refractivity contribution in [1.82, 2.24) is 25.6 Å². The number of carbonyl (C=O) groups excluding carboxylic acids is 1. The van der Waals surface area contributed by atoms with Crippen molar-refractivity contribution in [2.75, 3.05) is 18.4 Å². The molecule has 0 spiro atoms. The quantitative estimate of drug-likeness (QED) is 0.666. The van der Waals surface area contributed by atoms with Gasteiger partial charge in [0.15, 0.2) is 0 Å². The van der Waals surface area contributed by atoms with E-state index in [0.29, 0.717) is 24.7 Å². The van der Waals surface area contributed by atoms with Crippen molar-refractivity contribution in [2.24, 2.45) is 0 Å². The third-order valence-corrected chi connectivity index (χ3v) is 4.68. The van der Waals surface area contributed by atoms with E-state index in [1.54, 1.807) is 29.9 Å². The number of thiazole rings is 1. The van der Waals surface area contributed by atoms with E-state index in [9.17, 15) is 4.79 Å². The van der Waals surface area contributed by atoms with Crippen LogP contribution in [0.4, 0.5) is 11.6 Å². The SMILES string of the molecule is O=C1CNCC(c2ccc(Nc3ncccc3-c3nccs3)nc2)N1. The summed E-state index contributed by atoms with van der Waals surface area (Å²) in [5.41, 5.74) is 1.90. The molecule has 1 aliphatic heterocycles. The molecule has 3 N–H and O–H groups in total. The number of hydrogen-bond acceptors (Lipinski definition) is 7. The lowest BCUT2D eigenvalue weighted by Gasteiger charge is -2.24. The molecular weight excluding hydrogens is 336 g/mol. The van der Waals surface area contributed by atoms with Crippen LogP contribution >= 0.6 is 11.3 Å². The van der Waals surface area contributed by atoms with Crippen LogP contribution in [-0.4, -0.2) is 33.9 Å². The molecule has 0 saturated carbocycles. The Balaban J connectivity index is 1.53. The van der Waals surface area contributed by atoms with E-state index in [2.05, 4.69) is 30.9 Å². The number of hydrogen-bond donors (Lipinski definition) is 3. The summed E-state index contributed by atoms with van der Waals surface area (Å²) >= 11 is 1.56. The average molecular weight is 352 g/mol. The predicted molar refractivity (Wildman–Crippen MR) is 96.6 cm³/mol. The van der Waals surface area contributed by atoms with E-state index >= 15 is 0 Å². The number of aromatic nitrogens is 3. The van der Waals surface area contributed by atoms with Crippen LogP contribution in [-0.2, 0) is 4.79 Å². The first-order valence-electron chi connectivity index (χ1n) is 7.87. The molecule has 126 valence electrons. The Morgan fingerprint density at radius 3 is 2.88 bits per heavy atom. The van der Waals surface area contributed by atoms with Crippen molar-refractivity contribution in [3.05, 3.63) is 53.8 Å². The molecule has 1 unspecified atom stereocenters. The zero-order valence-corrected chi connectivity index (χ0v) is 14.1. The monoisotopic (exact) mass is 352 g/mol. The van der Waals surface area contributed by atoms with Crippen LogP contribution in [0.1, 0.15) is 11.6 Å². The van der Waals surface area contributed by atoms with Crippen LogP contribution in [0.2, 0.25) is 0 Å². The molecule has 4 heterocycles. The second kappa shape index (κ2) is 6.96. The molecule has 7 nitrogen and oxygen atoms in total. The van der Waals surface area contributed by atoms with Gasteiger partial charge in [0.05, 0.1) is 18.2 Å². The highest BCUT2D eigenvalue weighted by Crippen LogP contribution is 2.29. The molecule has 1 amide bonds. The van der Waals surface area contributed by atoms with Crippen molar-refractivity contribution in [1.29, 1.82) is 0 Å². The van der Waals surface area contributed by atoms with Gasteiger partial charge in [0.25, 0.3) is 0 Å². The number of nitrogens with one attached hydrogen (secondary N) is 3. The smallest absolute Gasteiger partial charge is 0.234 e. The van der Waals surface area contributed by atoms with E-state index in [1.807, 2.05) is 29.6 Å². The molecule has 3 aromatic heterocycles. The highest BCUT2D eigenvalue weighted by atomic mass is 32.1. The van der Waals surface area contributed by atoms with Gasteiger partial charge in [0.1, 0.15) is 16.6 Å². The van der Waals surface area contributed by atoms with Gasteiger partial charge in [-0.05, 0) is 23.8 Å². The highest BCUT2D eigenvalue weighted by molar-refractivity contribution is 7.13. The summed E-state index contributed by atoms with van der Waals surface area (Å²) in [6.45, 7) is 1.07. The molecule has 0 bridgehead atoms. The van der Waals surface area contributed by atoms with Crippen LogP contribution in [0, 0.1) is 0 Å². The maximum atomic E-state index is 11.5. The van der Waals surface area contributed by atoms with Crippen LogP contribution in [0.3, 0.4) is 0 Å². The van der Waals surface area contributed by atoms with Gasteiger partial charge < -0.3 is 16.0 Å². The normalized spacial score (nSPS) is 17.1. The zero-order valence-electron chi connectivity index (χ0n) is 13.3. The van der Waals surface area contributed by atoms with E-state index in [4.69, 9.17) is 0 Å². The number of anilines is 2. The Hall–Kier alpha value is -2.84. The van der Waals surface area contributed by atoms with Gasteiger partial charge in [-0.2, -0.15) is 0 Å². The highest BCUT2D eigenvalue weighted by Gasteiger charge is 2.19. The molecule has 0 aliphatic carbocycles. The largest absolute Gasteiger partial charge is 0.347 e. The van der Waals surface area contributed by atoms with Gasteiger partial charge in [0, 0.05) is 30.5 Å². The first-order valence-corrected chi connectivity index (χ1v) is 8.75. The number of carbonyl (C=O) groups is 1. The molecule has 3 aromatic rings. The van der Waals surface area contributed by atoms with E-state index in [0.717, 1.165) is 16.1 Å². The summed E-state index contributed by atoms with van der Waals surface area (Å²) in [7, 11) is 0. The van der Waals surface area contributed by atoms with E-state index in [1.165, 1.54) is 0 Å². The lowest BCUT2D eigenvalue weighted by atomic mass is 10.1. The van der Waals surface area contributed by atoms with Gasteiger partial charge in [-0.3, -0.25) is 4.79 Å². The summed E-state index contributed by atoms with van der Waals surface area (Å²) in [4.78, 5) is 24.7. The summed E-state index contributed by atoms with van der Waals surface area (Å²) in [6.07, 6.45) is 5.28. The Morgan fingerprint density at radius 2 is 2.12 bits per heavy atom. The molecule has 1 saturated heterocycles. The van der Waals surface area contributed by atoms with Gasteiger partial charge in [-0.25, -0.2) is 15.0 Å². The lowest BCUT2D eigenvalue weighted by molar-refractivity contribution is -0.122. The topological polar surface area (TPSA) is 91.8 Å². The van der Waals surface area contributed by atoms with Gasteiger partial charge in [-0.1, -0.05) is 6.07 Å². The fourth-order valence-corrected chi connectivity index (χ4v) is 3.33. The third kappa shape index (κ3) is 3.49. The zero-order chi connectivity index (χ0) is 17.1. The van der Waals surface area contributed by atoms with Crippen molar-refractivity contribution >= 4 is 28.9 Å². The molecular formula is C17H16N6OS. The van der Waals surface area contributed by atoms with Crippen molar-refractivity contribution in [3.8, 4) is 10.6 Å². The minimum atomic E-state index is -0.0523. The maximum Gasteiger partial charge on any atom is 0.234 e. The Kier molecular flexibility index (Phi) is 4.36. The summed E-state index contributed by atoms with van der Waals surface area (Å²) in [5, 5.41) is 12.1. The van der Waals surface area contributed by atoms with Gasteiger partial charge >= 0.3 is 0 Å². The first-order chi connectivity index (χ1) is 12.3. The maximum absolute atomic E-state index is 11.5. The van der Waals surface area contributed by atoms with E-state index < -0.39 is 0 Å². The number of nitrogens with zero attached hydrogens (tertiary/aromatic N) is 3. The fourth-order valence-electron chi connectivity index (χ4n) is 2.67. The Morgan fingerprint density at radius 1 is 1.16 bits per heavy atom. The molecule has 0 radical (unpaired) electrons. The van der Waals surface area contributed by atoms with Crippen LogP contribution in [0.5, 0.6) is 0 Å². The van der Waals surface area contributed by atoms with Crippen molar-refractivity contribution < 1.29 is 4.79 Å². The Labute approximate surface area is 148 Å². The summed E-state index contributed by atoms with van der Waals surface area (Å²) in [5.74, 6) is 1.40. The van der Waals surface area contributed by atoms with E-state index in [-0.39, 0.29) is 11.9 Å². The minimum Gasteiger partial charge on any atom is -0.347 e. The molecule has 25 heavy (non-hydrogen) atoms. The van der Waals surface area contributed by atoms with Gasteiger partial charge in [-0.15, -0.1) is 11.3 Å². The minimum absolute atomic E-state index is 0.0000248. The van der Waals surface area contributed by atoms with Crippen LogP contribution in [0.25, 0.3) is 10.6 Å². The summed E-state index contributed by atoms with van der Waals surface area (Å²) < 4.78 is 0. The summed E-state index contributed by atoms with van der Waals surface area (Å²) in [6, 6.07) is 7.65.